The maximum atomic E-state index is 13.4. The summed E-state index contributed by atoms with van der Waals surface area (Å²) in [6.45, 7) is 5.81. The van der Waals surface area contributed by atoms with Crippen LogP contribution >= 0.6 is 0 Å². The van der Waals surface area contributed by atoms with Gasteiger partial charge in [0.2, 0.25) is 11.9 Å². The van der Waals surface area contributed by atoms with Crippen molar-refractivity contribution in [3.63, 3.8) is 0 Å². The van der Waals surface area contributed by atoms with Gasteiger partial charge in [-0.3, -0.25) is 9.69 Å². The minimum absolute atomic E-state index is 0.0485. The van der Waals surface area contributed by atoms with Crippen LogP contribution in [0.3, 0.4) is 0 Å². The Morgan fingerprint density at radius 2 is 1.95 bits per heavy atom. The van der Waals surface area contributed by atoms with Gasteiger partial charge in [-0.05, 0) is 54.8 Å². The predicted octanol–water partition coefficient (Wildman–Crippen LogP) is 2.60. The number of nitrogens with zero attached hydrogens (tertiary/aromatic N) is 5. The molecule has 1 aliphatic heterocycles. The molecule has 1 fully saturated rings. The molecule has 0 bridgehead atoms. The molecule has 3 N–H and O–H groups in total. The van der Waals surface area contributed by atoms with Crippen molar-refractivity contribution < 1.29 is 14.6 Å². The molecule has 2 aliphatic rings. The van der Waals surface area contributed by atoms with Gasteiger partial charge in [-0.15, -0.1) is 0 Å². The van der Waals surface area contributed by atoms with Crippen LogP contribution in [0.5, 0.6) is 0 Å². The monoisotopic (exact) mass is 529 g/mol. The Labute approximate surface area is 228 Å². The van der Waals surface area contributed by atoms with Crippen molar-refractivity contribution in [2.45, 2.75) is 26.0 Å². The minimum atomic E-state index is -0.341. The summed E-state index contributed by atoms with van der Waals surface area (Å²) < 4.78 is 5.43. The molecule has 3 aromatic rings. The Morgan fingerprint density at radius 1 is 1.13 bits per heavy atom. The molecule has 10 heteroatoms. The highest BCUT2D eigenvalue weighted by atomic mass is 16.5. The molecule has 5 rings (SSSR count). The third-order valence-corrected chi connectivity index (χ3v) is 7.31. The molecule has 39 heavy (non-hydrogen) atoms. The summed E-state index contributed by atoms with van der Waals surface area (Å²) >= 11 is 0. The number of aromatic nitrogens is 3. The highest BCUT2D eigenvalue weighted by Gasteiger charge is 2.30. The molecular formula is C29H35N7O3. The largest absolute Gasteiger partial charge is 0.392 e. The number of benzene rings is 1. The van der Waals surface area contributed by atoms with Crippen LogP contribution in [-0.2, 0) is 22.6 Å². The van der Waals surface area contributed by atoms with Crippen molar-refractivity contribution in [2.24, 2.45) is 0 Å². The fourth-order valence-corrected chi connectivity index (χ4v) is 5.05. The Bertz CT molecular complexity index is 1350. The number of aliphatic hydroxyl groups excluding tert-OH is 1. The maximum Gasteiger partial charge on any atom is 0.244 e. The molecule has 1 saturated heterocycles. The summed E-state index contributed by atoms with van der Waals surface area (Å²) in [4.78, 5) is 31.5. The van der Waals surface area contributed by atoms with Crippen LogP contribution in [0.15, 0.2) is 48.8 Å². The van der Waals surface area contributed by atoms with Gasteiger partial charge in [0.05, 0.1) is 18.9 Å². The molecule has 0 unspecified atom stereocenters. The van der Waals surface area contributed by atoms with Crippen molar-refractivity contribution in [1.29, 1.82) is 0 Å². The fourth-order valence-electron chi connectivity index (χ4n) is 5.05. The summed E-state index contributed by atoms with van der Waals surface area (Å²) in [6.07, 6.45) is 6.26. The summed E-state index contributed by atoms with van der Waals surface area (Å²) in [5.41, 5.74) is 6.47. The number of methoxy groups -OCH3 is 1. The number of carbonyl (C=O) groups excluding carboxylic acids is 1. The molecule has 1 aliphatic carbocycles. The number of allylic oxidation sites excluding steroid dienone is 1. The van der Waals surface area contributed by atoms with E-state index < -0.39 is 0 Å². The van der Waals surface area contributed by atoms with Gasteiger partial charge in [0.25, 0.3) is 0 Å². The van der Waals surface area contributed by atoms with Crippen LogP contribution in [0.1, 0.15) is 27.9 Å². The zero-order valence-electron chi connectivity index (χ0n) is 22.6. The van der Waals surface area contributed by atoms with E-state index >= 15 is 0 Å². The van der Waals surface area contributed by atoms with Crippen LogP contribution in [-0.4, -0.2) is 88.8 Å². The first-order valence-electron chi connectivity index (χ1n) is 13.2. The van der Waals surface area contributed by atoms with Crippen molar-refractivity contribution in [3.05, 3.63) is 76.7 Å². The van der Waals surface area contributed by atoms with E-state index in [0.29, 0.717) is 24.8 Å². The van der Waals surface area contributed by atoms with Crippen molar-refractivity contribution in [3.8, 4) is 0 Å². The lowest BCUT2D eigenvalue weighted by atomic mass is 9.99. The van der Waals surface area contributed by atoms with Crippen LogP contribution in [0.4, 0.5) is 17.5 Å². The number of hydrogen-bond acceptors (Lipinski definition) is 9. The summed E-state index contributed by atoms with van der Waals surface area (Å²) in [5.74, 6) is 0.986. The number of anilines is 3. The molecule has 1 atom stereocenters. The highest BCUT2D eigenvalue weighted by Crippen LogP contribution is 2.37. The number of hydrogen-bond donors (Lipinski definition) is 3. The second-order valence-electron chi connectivity index (χ2n) is 10.0. The van der Waals surface area contributed by atoms with Crippen LogP contribution in [0, 0.1) is 6.92 Å². The maximum absolute atomic E-state index is 13.4. The number of rotatable bonds is 9. The minimum Gasteiger partial charge on any atom is -0.392 e. The zero-order chi connectivity index (χ0) is 27.4. The van der Waals surface area contributed by atoms with Gasteiger partial charge in [0, 0.05) is 56.9 Å². The van der Waals surface area contributed by atoms with E-state index in [0.717, 1.165) is 65.4 Å². The van der Waals surface area contributed by atoms with Crippen LogP contribution < -0.4 is 10.6 Å². The normalized spacial score (nSPS) is 16.5. The third-order valence-electron chi connectivity index (χ3n) is 7.31. The number of nitrogens with one attached hydrogen (secondary N) is 2. The van der Waals surface area contributed by atoms with E-state index in [2.05, 4.69) is 49.6 Å². The Kier molecular flexibility index (Phi) is 8.27. The Morgan fingerprint density at radius 3 is 2.67 bits per heavy atom. The molecule has 1 amide bonds. The topological polar surface area (TPSA) is 116 Å². The van der Waals surface area contributed by atoms with Crippen LogP contribution in [0.25, 0.3) is 5.57 Å². The average molecular weight is 530 g/mol. The lowest BCUT2D eigenvalue weighted by Crippen LogP contribution is -2.54. The number of piperazine rings is 1. The highest BCUT2D eigenvalue weighted by molar-refractivity contribution is 5.97. The van der Waals surface area contributed by atoms with E-state index in [-0.39, 0.29) is 18.6 Å². The number of carbonyl (C=O) groups is 1. The van der Waals surface area contributed by atoms with E-state index in [1.54, 1.807) is 31.6 Å². The Hall–Kier alpha value is -3.70. The Balaban J connectivity index is 1.35. The summed E-state index contributed by atoms with van der Waals surface area (Å²) in [7, 11) is 3.74. The smallest absolute Gasteiger partial charge is 0.244 e. The number of likely N-dealkylation sites (N-methyl/N-ethyl adjacent to an activating group) is 1. The molecule has 0 saturated carbocycles. The quantitative estimate of drug-likeness (QED) is 0.385. The van der Waals surface area contributed by atoms with E-state index in [1.165, 1.54) is 0 Å². The molecule has 2 aromatic heterocycles. The van der Waals surface area contributed by atoms with E-state index in [4.69, 9.17) is 9.72 Å². The van der Waals surface area contributed by atoms with Gasteiger partial charge in [-0.2, -0.15) is 0 Å². The molecule has 3 heterocycles. The van der Waals surface area contributed by atoms with Gasteiger partial charge in [-0.1, -0.05) is 24.3 Å². The molecule has 1 aromatic carbocycles. The number of pyridine rings is 1. The number of aryl methyl sites for hydroxylation is 1. The average Bonchev–Trinajstić information content (AvgIpc) is 3.39. The van der Waals surface area contributed by atoms with Gasteiger partial charge in [0.15, 0.2) is 0 Å². The summed E-state index contributed by atoms with van der Waals surface area (Å²) in [6, 6.07) is 9.25. The van der Waals surface area contributed by atoms with Gasteiger partial charge < -0.3 is 25.4 Å². The van der Waals surface area contributed by atoms with E-state index in [9.17, 15) is 9.90 Å². The van der Waals surface area contributed by atoms with Gasteiger partial charge in [0.1, 0.15) is 11.9 Å². The van der Waals surface area contributed by atoms with Crippen molar-refractivity contribution >= 4 is 28.9 Å². The van der Waals surface area contributed by atoms with E-state index in [1.807, 2.05) is 19.1 Å². The van der Waals surface area contributed by atoms with Crippen molar-refractivity contribution in [2.75, 3.05) is 57.6 Å². The number of fused-ring (bicyclic) bond motifs is 1. The first kappa shape index (κ1) is 26.9. The second-order valence-corrected chi connectivity index (χ2v) is 10.0. The second kappa shape index (κ2) is 12.0. The van der Waals surface area contributed by atoms with Crippen LogP contribution in [0.2, 0.25) is 0 Å². The zero-order valence-corrected chi connectivity index (χ0v) is 22.6. The van der Waals surface area contributed by atoms with Crippen molar-refractivity contribution in [1.82, 2.24) is 24.8 Å². The third kappa shape index (κ3) is 5.99. The SMILES string of the molecule is COC[C@H](C(=O)Nc1cccc2c1CC=C2c1nc(Nc2ccc(CO)cn2)ncc1C)N1CCN(C)CC1. The lowest BCUT2D eigenvalue weighted by Gasteiger charge is -2.36. The molecular weight excluding hydrogens is 494 g/mol. The van der Waals surface area contributed by atoms with Gasteiger partial charge in [-0.25, -0.2) is 15.0 Å². The predicted molar refractivity (Wildman–Crippen MR) is 151 cm³/mol. The van der Waals surface area contributed by atoms with Gasteiger partial charge >= 0.3 is 0 Å². The molecule has 10 nitrogen and oxygen atoms in total. The summed E-state index contributed by atoms with van der Waals surface area (Å²) in [5, 5.41) is 15.6. The first-order chi connectivity index (χ1) is 19.0. The fraction of sp³-hybridized carbons (Fsp3) is 0.379. The number of aliphatic hydroxyl groups is 1. The molecule has 0 radical (unpaired) electrons. The lowest BCUT2D eigenvalue weighted by molar-refractivity contribution is -0.124. The number of amides is 1. The molecule has 204 valence electrons. The molecule has 0 spiro atoms. The standard InChI is InChI=1S/C29H35N7O3/c1-19-15-31-29(33-26-10-7-20(17-37)16-30-26)34-27(19)23-9-8-22-21(23)5-4-6-24(22)32-28(38)25(18-39-3)36-13-11-35(2)12-14-36/h4-7,9-10,15-16,25,37H,8,11-14,17-18H2,1-3H3,(H,32,38)(H,30,31,33,34)/t25-/m1/s1. The first-order valence-corrected chi connectivity index (χ1v) is 13.2. The number of ether oxygens (including phenoxy) is 1.